The summed E-state index contributed by atoms with van der Waals surface area (Å²) in [6.07, 6.45) is 7.23. The van der Waals surface area contributed by atoms with Gasteiger partial charge in [0.05, 0.1) is 0 Å². The van der Waals surface area contributed by atoms with Crippen molar-refractivity contribution in [2.75, 3.05) is 20.1 Å². The van der Waals surface area contributed by atoms with Crippen LogP contribution < -0.4 is 10.6 Å². The normalized spacial score (nSPS) is 21.6. The molecule has 2 heterocycles. The third-order valence-electron chi connectivity index (χ3n) is 5.02. The average molecular weight is 364 g/mol. The highest BCUT2D eigenvalue weighted by Crippen LogP contribution is 2.27. The van der Waals surface area contributed by atoms with Gasteiger partial charge in [0.1, 0.15) is 5.15 Å². The summed E-state index contributed by atoms with van der Waals surface area (Å²) in [4.78, 5) is 22.9. The highest BCUT2D eigenvalue weighted by molar-refractivity contribution is 6.29. The first-order valence-corrected chi connectivity index (χ1v) is 9.40. The Kier molecular flexibility index (Phi) is 6.13. The molecule has 1 aliphatic heterocycles. The SMILES string of the molecule is CN=C(NCc1ccc(Cl)nc1)NC1CCN(C(=O)C2CCCC2)C1. The molecule has 2 aliphatic rings. The number of guanidine groups is 1. The molecule has 1 amide bonds. The van der Waals surface area contributed by atoms with Gasteiger partial charge < -0.3 is 15.5 Å². The van der Waals surface area contributed by atoms with Crippen LogP contribution in [0.5, 0.6) is 0 Å². The molecule has 1 aliphatic carbocycles. The molecule has 0 spiro atoms. The zero-order valence-electron chi connectivity index (χ0n) is 14.7. The van der Waals surface area contributed by atoms with Crippen LogP contribution in [0.2, 0.25) is 5.15 Å². The van der Waals surface area contributed by atoms with E-state index in [1.54, 1.807) is 19.3 Å². The fourth-order valence-electron chi connectivity index (χ4n) is 3.59. The fourth-order valence-corrected chi connectivity index (χ4v) is 3.71. The van der Waals surface area contributed by atoms with Crippen LogP contribution >= 0.6 is 11.6 Å². The van der Waals surface area contributed by atoms with Crippen LogP contribution in [0.25, 0.3) is 0 Å². The molecule has 7 heteroatoms. The Morgan fingerprint density at radius 2 is 2.16 bits per heavy atom. The molecule has 1 saturated carbocycles. The second kappa shape index (κ2) is 8.52. The Bertz CT molecular complexity index is 612. The van der Waals surface area contributed by atoms with E-state index in [1.807, 2.05) is 11.0 Å². The van der Waals surface area contributed by atoms with Gasteiger partial charge in [-0.3, -0.25) is 9.79 Å². The van der Waals surface area contributed by atoms with Crippen LogP contribution in [0, 0.1) is 5.92 Å². The van der Waals surface area contributed by atoms with E-state index in [1.165, 1.54) is 12.8 Å². The summed E-state index contributed by atoms with van der Waals surface area (Å²) in [7, 11) is 1.76. The molecule has 0 aromatic carbocycles. The summed E-state index contributed by atoms with van der Waals surface area (Å²) in [5.74, 6) is 1.35. The van der Waals surface area contributed by atoms with Crippen molar-refractivity contribution in [3.8, 4) is 0 Å². The van der Waals surface area contributed by atoms with Gasteiger partial charge in [-0.05, 0) is 30.9 Å². The zero-order chi connectivity index (χ0) is 17.6. The van der Waals surface area contributed by atoms with E-state index in [0.29, 0.717) is 17.6 Å². The molecule has 2 fully saturated rings. The van der Waals surface area contributed by atoms with Crippen LogP contribution in [-0.4, -0.2) is 47.9 Å². The molecule has 1 atom stereocenters. The first-order chi connectivity index (χ1) is 12.2. The molecule has 6 nitrogen and oxygen atoms in total. The monoisotopic (exact) mass is 363 g/mol. The van der Waals surface area contributed by atoms with Crippen molar-refractivity contribution in [2.45, 2.75) is 44.7 Å². The summed E-state index contributed by atoms with van der Waals surface area (Å²) in [5.41, 5.74) is 1.04. The van der Waals surface area contributed by atoms with Gasteiger partial charge in [0.2, 0.25) is 5.91 Å². The van der Waals surface area contributed by atoms with Gasteiger partial charge in [0.15, 0.2) is 5.96 Å². The summed E-state index contributed by atoms with van der Waals surface area (Å²) >= 11 is 5.80. The minimum Gasteiger partial charge on any atom is -0.352 e. The van der Waals surface area contributed by atoms with Crippen molar-refractivity contribution in [3.63, 3.8) is 0 Å². The van der Waals surface area contributed by atoms with Crippen LogP contribution in [0.1, 0.15) is 37.7 Å². The number of halogens is 1. The number of rotatable bonds is 4. The lowest BCUT2D eigenvalue weighted by atomic mass is 10.1. The van der Waals surface area contributed by atoms with Crippen molar-refractivity contribution in [3.05, 3.63) is 29.0 Å². The van der Waals surface area contributed by atoms with Crippen LogP contribution in [0.4, 0.5) is 0 Å². The third-order valence-corrected chi connectivity index (χ3v) is 5.24. The summed E-state index contributed by atoms with van der Waals surface area (Å²) in [6.45, 7) is 2.23. The molecule has 1 saturated heterocycles. The maximum atomic E-state index is 12.5. The maximum Gasteiger partial charge on any atom is 0.225 e. The van der Waals surface area contributed by atoms with Crippen molar-refractivity contribution in [1.29, 1.82) is 0 Å². The van der Waals surface area contributed by atoms with Crippen molar-refractivity contribution >= 4 is 23.5 Å². The number of hydrogen-bond acceptors (Lipinski definition) is 3. The highest BCUT2D eigenvalue weighted by atomic mass is 35.5. The van der Waals surface area contributed by atoms with E-state index in [9.17, 15) is 4.79 Å². The minimum absolute atomic E-state index is 0.250. The van der Waals surface area contributed by atoms with E-state index < -0.39 is 0 Å². The van der Waals surface area contributed by atoms with Crippen molar-refractivity contribution in [1.82, 2.24) is 20.5 Å². The van der Waals surface area contributed by atoms with Crippen molar-refractivity contribution < 1.29 is 4.79 Å². The summed E-state index contributed by atoms with van der Waals surface area (Å²) in [5, 5.41) is 7.19. The maximum absolute atomic E-state index is 12.5. The second-order valence-electron chi connectivity index (χ2n) is 6.81. The first-order valence-electron chi connectivity index (χ1n) is 9.02. The Balaban J connectivity index is 1.46. The Morgan fingerprint density at radius 3 is 2.84 bits per heavy atom. The average Bonchev–Trinajstić information content (AvgIpc) is 3.31. The van der Waals surface area contributed by atoms with Crippen LogP contribution in [0.15, 0.2) is 23.3 Å². The number of carbonyl (C=O) groups excluding carboxylic acids is 1. The van der Waals surface area contributed by atoms with E-state index in [2.05, 4.69) is 20.6 Å². The molecule has 25 heavy (non-hydrogen) atoms. The topological polar surface area (TPSA) is 69.6 Å². The molecule has 1 unspecified atom stereocenters. The van der Waals surface area contributed by atoms with Gasteiger partial charge in [-0.2, -0.15) is 0 Å². The lowest BCUT2D eigenvalue weighted by molar-refractivity contribution is -0.134. The number of aromatic nitrogens is 1. The molecular formula is C18H26ClN5O. The largest absolute Gasteiger partial charge is 0.352 e. The standard InChI is InChI=1S/C18H26ClN5O/c1-20-18(22-11-13-6-7-16(19)21-10-13)23-15-8-9-24(12-15)17(25)14-4-2-3-5-14/h6-7,10,14-15H,2-5,8-9,11-12H2,1H3,(H2,20,22,23). The Hall–Kier alpha value is -1.82. The molecule has 3 rings (SSSR count). The Morgan fingerprint density at radius 1 is 1.36 bits per heavy atom. The number of amides is 1. The van der Waals surface area contributed by atoms with Crippen molar-refractivity contribution in [2.24, 2.45) is 10.9 Å². The van der Waals surface area contributed by atoms with Gasteiger partial charge in [-0.1, -0.05) is 30.5 Å². The van der Waals surface area contributed by atoms with E-state index >= 15 is 0 Å². The summed E-state index contributed by atoms with van der Waals surface area (Å²) in [6, 6.07) is 3.96. The number of nitrogens with one attached hydrogen (secondary N) is 2. The molecular weight excluding hydrogens is 338 g/mol. The Labute approximate surface area is 154 Å². The number of aliphatic imine (C=N–C) groups is 1. The van der Waals surface area contributed by atoms with Gasteiger partial charge in [-0.15, -0.1) is 0 Å². The molecule has 136 valence electrons. The third kappa shape index (κ3) is 4.84. The highest BCUT2D eigenvalue weighted by Gasteiger charge is 2.32. The molecule has 0 bridgehead atoms. The van der Waals surface area contributed by atoms with E-state index in [0.717, 1.165) is 43.9 Å². The van der Waals surface area contributed by atoms with Gasteiger partial charge >= 0.3 is 0 Å². The van der Waals surface area contributed by atoms with Gasteiger partial charge in [0, 0.05) is 44.8 Å². The smallest absolute Gasteiger partial charge is 0.225 e. The van der Waals surface area contributed by atoms with E-state index in [4.69, 9.17) is 11.6 Å². The molecule has 1 aromatic rings. The lowest BCUT2D eigenvalue weighted by Crippen LogP contribution is -2.45. The number of hydrogen-bond donors (Lipinski definition) is 2. The number of carbonyl (C=O) groups is 1. The molecule has 0 radical (unpaired) electrons. The van der Waals surface area contributed by atoms with Gasteiger partial charge in [0.25, 0.3) is 0 Å². The zero-order valence-corrected chi connectivity index (χ0v) is 15.4. The van der Waals surface area contributed by atoms with Gasteiger partial charge in [-0.25, -0.2) is 4.98 Å². The predicted molar refractivity (Wildman–Crippen MR) is 99.5 cm³/mol. The van der Waals surface area contributed by atoms with Crippen LogP contribution in [0.3, 0.4) is 0 Å². The first kappa shape index (κ1) is 18.0. The second-order valence-corrected chi connectivity index (χ2v) is 7.20. The number of nitrogens with zero attached hydrogens (tertiary/aromatic N) is 3. The summed E-state index contributed by atoms with van der Waals surface area (Å²) < 4.78 is 0. The van der Waals surface area contributed by atoms with Crippen LogP contribution in [-0.2, 0) is 11.3 Å². The lowest BCUT2D eigenvalue weighted by Gasteiger charge is -2.21. The minimum atomic E-state index is 0.250. The van der Waals surface area contributed by atoms with E-state index in [-0.39, 0.29) is 12.0 Å². The number of likely N-dealkylation sites (tertiary alicyclic amines) is 1. The quantitative estimate of drug-likeness (QED) is 0.489. The predicted octanol–water partition coefficient (Wildman–Crippen LogP) is 2.19. The fraction of sp³-hybridized carbons (Fsp3) is 0.611. The number of pyridine rings is 1. The molecule has 2 N–H and O–H groups in total. The molecule has 1 aromatic heterocycles.